The van der Waals surface area contributed by atoms with E-state index in [1.54, 1.807) is 12.3 Å². The van der Waals surface area contributed by atoms with E-state index in [1.807, 2.05) is 72.8 Å². The highest BCUT2D eigenvalue weighted by Crippen LogP contribution is 2.28. The van der Waals surface area contributed by atoms with E-state index in [0.29, 0.717) is 13.0 Å². The molecule has 0 aromatic heterocycles. The number of nitrogens with zero attached hydrogens (tertiary/aromatic N) is 2. The molecule has 0 spiro atoms. The molecule has 2 aliphatic heterocycles. The van der Waals surface area contributed by atoms with E-state index in [4.69, 9.17) is 0 Å². The van der Waals surface area contributed by atoms with Crippen LogP contribution in [-0.4, -0.2) is 37.3 Å². The Morgan fingerprint density at radius 2 is 1.82 bits per heavy atom. The highest BCUT2D eigenvalue weighted by Gasteiger charge is 2.38. The third kappa shape index (κ3) is 5.35. The van der Waals surface area contributed by atoms with Crippen LogP contribution < -0.4 is 0 Å². The van der Waals surface area contributed by atoms with Gasteiger partial charge in [-0.1, -0.05) is 79.4 Å². The van der Waals surface area contributed by atoms with Gasteiger partial charge in [-0.15, -0.1) is 0 Å². The zero-order chi connectivity index (χ0) is 23.3. The zero-order valence-electron chi connectivity index (χ0n) is 18.3. The van der Waals surface area contributed by atoms with Crippen molar-refractivity contribution in [2.24, 2.45) is 4.99 Å². The third-order valence-corrected chi connectivity index (χ3v) is 7.61. The Labute approximate surface area is 195 Å². The number of sulfonamides is 1. The summed E-state index contributed by atoms with van der Waals surface area (Å²) in [5, 5.41) is 0. The quantitative estimate of drug-likeness (QED) is 0.610. The van der Waals surface area contributed by atoms with Gasteiger partial charge in [0.05, 0.1) is 17.5 Å². The summed E-state index contributed by atoms with van der Waals surface area (Å²) in [6, 6.07) is 16.2. The van der Waals surface area contributed by atoms with E-state index in [1.165, 1.54) is 10.4 Å². The fourth-order valence-corrected chi connectivity index (χ4v) is 5.38. The van der Waals surface area contributed by atoms with E-state index in [9.17, 15) is 13.2 Å². The number of hydrogen-bond donors (Lipinski definition) is 0. The van der Waals surface area contributed by atoms with Gasteiger partial charge in [0.15, 0.2) is 5.78 Å². The number of carbonyl (C=O) groups is 1. The van der Waals surface area contributed by atoms with Gasteiger partial charge in [-0.3, -0.25) is 9.79 Å². The van der Waals surface area contributed by atoms with Gasteiger partial charge >= 0.3 is 0 Å². The lowest BCUT2D eigenvalue weighted by molar-refractivity contribution is -0.121. The van der Waals surface area contributed by atoms with Gasteiger partial charge in [0, 0.05) is 19.2 Å². The molecule has 0 saturated heterocycles. The highest BCUT2D eigenvalue weighted by molar-refractivity contribution is 7.93. The number of Topliss-reactive ketones (excluding diaryl/α,β-unsaturated/α-hetero) is 1. The van der Waals surface area contributed by atoms with Crippen LogP contribution in [0.25, 0.3) is 0 Å². The number of allylic oxidation sites excluding steroid dienone is 4. The van der Waals surface area contributed by atoms with Gasteiger partial charge in [0.25, 0.3) is 0 Å². The summed E-state index contributed by atoms with van der Waals surface area (Å²) in [6.07, 6.45) is 11.0. The van der Waals surface area contributed by atoms with Crippen molar-refractivity contribution in [3.63, 3.8) is 0 Å². The molecule has 0 unspecified atom stereocenters. The molecule has 2 heterocycles. The Balaban J connectivity index is 1.66. The first-order chi connectivity index (χ1) is 15.9. The summed E-state index contributed by atoms with van der Waals surface area (Å²) >= 11 is 0. The lowest BCUT2D eigenvalue weighted by atomic mass is 9.98. The molecule has 4 rings (SSSR count). The molecular weight excluding hydrogens is 432 g/mol. The third-order valence-electron chi connectivity index (χ3n) is 5.81. The first-order valence-electron chi connectivity index (χ1n) is 10.8. The zero-order valence-corrected chi connectivity index (χ0v) is 19.1. The number of fused-ring (bicyclic) bond motifs is 1. The predicted octanol–water partition coefficient (Wildman–Crippen LogP) is 4.19. The first kappa shape index (κ1) is 22.8. The summed E-state index contributed by atoms with van der Waals surface area (Å²) in [6.45, 7) is 4.52. The fourth-order valence-electron chi connectivity index (χ4n) is 4.00. The van der Waals surface area contributed by atoms with Crippen molar-refractivity contribution in [1.29, 1.82) is 0 Å². The molecule has 0 N–H and O–H groups in total. The van der Waals surface area contributed by atoms with Crippen LogP contribution in [0.3, 0.4) is 0 Å². The Hall–Kier alpha value is -3.35. The molecule has 6 heteroatoms. The molecule has 0 fully saturated rings. The van der Waals surface area contributed by atoms with Crippen molar-refractivity contribution < 1.29 is 13.2 Å². The number of benzene rings is 2. The van der Waals surface area contributed by atoms with Crippen LogP contribution in [0.1, 0.15) is 16.7 Å². The van der Waals surface area contributed by atoms with Crippen LogP contribution >= 0.6 is 0 Å². The van der Waals surface area contributed by atoms with E-state index < -0.39 is 16.1 Å². The maximum atomic E-state index is 13.6. The summed E-state index contributed by atoms with van der Waals surface area (Å²) in [5.74, 6) is -0.114. The molecule has 1 atom stereocenters. The second-order valence-electron chi connectivity index (χ2n) is 8.08. The monoisotopic (exact) mass is 458 g/mol. The minimum absolute atomic E-state index is 0.0483. The maximum Gasteiger partial charge on any atom is 0.243 e. The lowest BCUT2D eigenvalue weighted by Crippen LogP contribution is -2.45. The van der Waals surface area contributed by atoms with Crippen LogP contribution in [0.2, 0.25) is 0 Å². The average molecular weight is 459 g/mol. The normalized spacial score (nSPS) is 20.2. The largest absolute Gasteiger partial charge is 0.298 e. The summed E-state index contributed by atoms with van der Waals surface area (Å²) in [4.78, 5) is 17.4. The Bertz CT molecular complexity index is 1270. The maximum absolute atomic E-state index is 13.6. The number of dihydropyridines is 1. The summed E-state index contributed by atoms with van der Waals surface area (Å²) < 4.78 is 28.6. The number of rotatable bonds is 6. The number of ketones is 1. The minimum atomic E-state index is -3.98. The molecular formula is C27H26N2O3S. The summed E-state index contributed by atoms with van der Waals surface area (Å²) in [7, 11) is -3.98. The second kappa shape index (κ2) is 10.1. The van der Waals surface area contributed by atoms with Crippen molar-refractivity contribution in [1.82, 2.24) is 4.31 Å². The average Bonchev–Trinajstić information content (AvgIpc) is 2.97. The smallest absolute Gasteiger partial charge is 0.243 e. The highest BCUT2D eigenvalue weighted by atomic mass is 32.2. The van der Waals surface area contributed by atoms with E-state index in [2.05, 4.69) is 11.6 Å². The van der Waals surface area contributed by atoms with E-state index in [-0.39, 0.29) is 23.7 Å². The molecule has 33 heavy (non-hydrogen) atoms. The number of hydrogen-bond acceptors (Lipinski definition) is 4. The van der Waals surface area contributed by atoms with Gasteiger partial charge in [0.1, 0.15) is 0 Å². The van der Waals surface area contributed by atoms with Crippen LogP contribution in [0.15, 0.2) is 107 Å². The molecule has 0 amide bonds. The van der Waals surface area contributed by atoms with Crippen molar-refractivity contribution in [2.75, 3.05) is 6.54 Å². The standard InChI is InChI=1S/C27H26N2O3S/c1-21(9-7-12-23-13-8-16-28-19-23)33(31,32)29-20-25-15-6-5-14-24(25)18-27(30)26(29)17-22-10-3-2-4-11-22/h2-16,26H,1,17-20H2/b9-7-,23-12-/t26-/m1/s1. The Morgan fingerprint density at radius 3 is 2.55 bits per heavy atom. The topological polar surface area (TPSA) is 66.8 Å². The van der Waals surface area contributed by atoms with Crippen molar-refractivity contribution in [2.45, 2.75) is 25.4 Å². The first-order valence-corrected chi connectivity index (χ1v) is 12.3. The molecule has 168 valence electrons. The molecule has 0 radical (unpaired) electrons. The van der Waals surface area contributed by atoms with Gasteiger partial charge in [-0.05, 0) is 40.8 Å². The molecule has 2 aliphatic rings. The van der Waals surface area contributed by atoms with E-state index >= 15 is 0 Å². The van der Waals surface area contributed by atoms with Crippen molar-refractivity contribution in [3.05, 3.63) is 119 Å². The molecule has 2 aromatic rings. The van der Waals surface area contributed by atoms with Gasteiger partial charge in [-0.2, -0.15) is 4.31 Å². The van der Waals surface area contributed by atoms with Crippen LogP contribution in [0, 0.1) is 0 Å². The van der Waals surface area contributed by atoms with Crippen molar-refractivity contribution in [3.8, 4) is 0 Å². The van der Waals surface area contributed by atoms with Crippen LogP contribution in [0.5, 0.6) is 0 Å². The van der Waals surface area contributed by atoms with Gasteiger partial charge in [0.2, 0.25) is 10.0 Å². The van der Waals surface area contributed by atoms with E-state index in [0.717, 1.165) is 22.3 Å². The predicted molar refractivity (Wildman–Crippen MR) is 132 cm³/mol. The second-order valence-corrected chi connectivity index (χ2v) is 10.0. The molecule has 0 saturated carbocycles. The van der Waals surface area contributed by atoms with Crippen LogP contribution in [-0.2, 0) is 34.2 Å². The Morgan fingerprint density at radius 1 is 1.09 bits per heavy atom. The molecule has 2 aromatic carbocycles. The number of aliphatic imine (C=N–C) groups is 1. The molecule has 0 bridgehead atoms. The van der Waals surface area contributed by atoms with Crippen LogP contribution in [0.4, 0.5) is 0 Å². The summed E-state index contributed by atoms with van der Waals surface area (Å²) in [5.41, 5.74) is 3.60. The van der Waals surface area contributed by atoms with Gasteiger partial charge < -0.3 is 0 Å². The van der Waals surface area contributed by atoms with Gasteiger partial charge in [-0.25, -0.2) is 8.42 Å². The minimum Gasteiger partial charge on any atom is -0.298 e. The molecule has 5 nitrogen and oxygen atoms in total. The fraction of sp³-hybridized carbons (Fsp3) is 0.185. The SMILES string of the molecule is C=C(/C=C\C=C1\C=CC=NC1)S(=O)(=O)N1Cc2ccccc2CC(=O)[C@H]1Cc1ccccc1. The molecule has 0 aliphatic carbocycles. The lowest BCUT2D eigenvalue weighted by Gasteiger charge is -2.28. The Kier molecular flexibility index (Phi) is 6.96. The number of carbonyl (C=O) groups excluding carboxylic acids is 1. The van der Waals surface area contributed by atoms with Crippen molar-refractivity contribution >= 4 is 22.0 Å².